The summed E-state index contributed by atoms with van der Waals surface area (Å²) in [5.74, 6) is 1.51. The summed E-state index contributed by atoms with van der Waals surface area (Å²) < 4.78 is 40.8. The summed E-state index contributed by atoms with van der Waals surface area (Å²) in [6.07, 6.45) is -0.709. The van der Waals surface area contributed by atoms with Crippen molar-refractivity contribution >= 4 is 5.97 Å². The highest BCUT2D eigenvalue weighted by molar-refractivity contribution is 5.91. The quantitative estimate of drug-likeness (QED) is 0.438. The second-order valence-corrected chi connectivity index (χ2v) is 9.77. The molecule has 3 aromatic rings. The first kappa shape index (κ1) is 26.5. The van der Waals surface area contributed by atoms with Gasteiger partial charge in [0.25, 0.3) is 0 Å². The molecule has 1 aliphatic heterocycles. The third-order valence-corrected chi connectivity index (χ3v) is 7.59. The summed E-state index contributed by atoms with van der Waals surface area (Å²) in [4.78, 5) is 13.4. The number of carbonyl (C=O) groups excluding carboxylic acids is 1. The molecule has 1 N–H and O–H groups in total. The summed E-state index contributed by atoms with van der Waals surface area (Å²) in [6, 6.07) is 12.3. The van der Waals surface area contributed by atoms with E-state index in [9.17, 15) is 9.90 Å². The van der Waals surface area contributed by atoms with Crippen LogP contribution in [0.5, 0.6) is 34.5 Å². The van der Waals surface area contributed by atoms with E-state index in [1.165, 1.54) is 14.2 Å². The number of hydrogen-bond donors (Lipinski definition) is 1. The molecule has 0 saturated carbocycles. The summed E-state index contributed by atoms with van der Waals surface area (Å²) >= 11 is 0. The molecule has 9 heteroatoms. The molecule has 5 rings (SSSR count). The number of ether oxygens (including phenoxy) is 7. The van der Waals surface area contributed by atoms with Gasteiger partial charge >= 0.3 is 5.97 Å². The number of hydrogen-bond acceptors (Lipinski definition) is 9. The average Bonchev–Trinajstić information content (AvgIpc) is 3.42. The third kappa shape index (κ3) is 4.27. The predicted molar refractivity (Wildman–Crippen MR) is 142 cm³/mol. The van der Waals surface area contributed by atoms with Gasteiger partial charge in [-0.1, -0.05) is 25.1 Å². The molecule has 3 aromatic carbocycles. The van der Waals surface area contributed by atoms with Gasteiger partial charge in [-0.2, -0.15) is 0 Å². The Kier molecular flexibility index (Phi) is 6.94. The first-order valence-corrected chi connectivity index (χ1v) is 12.6. The molecule has 9 nitrogen and oxygen atoms in total. The molecular formula is C30H32O9. The lowest BCUT2D eigenvalue weighted by molar-refractivity contribution is -0.107. The molecule has 0 saturated heterocycles. The minimum absolute atomic E-state index is 0.00816. The van der Waals surface area contributed by atoms with Crippen LogP contribution in [0, 0.1) is 5.92 Å². The molecule has 1 heterocycles. The van der Waals surface area contributed by atoms with Crippen molar-refractivity contribution in [2.24, 2.45) is 5.92 Å². The van der Waals surface area contributed by atoms with Gasteiger partial charge in [0.15, 0.2) is 29.1 Å². The Hall–Kier alpha value is -4.11. The fourth-order valence-corrected chi connectivity index (χ4v) is 5.37. The van der Waals surface area contributed by atoms with Gasteiger partial charge in [-0.25, -0.2) is 4.79 Å². The van der Waals surface area contributed by atoms with Crippen molar-refractivity contribution in [3.63, 3.8) is 0 Å². The first-order valence-electron chi connectivity index (χ1n) is 12.6. The van der Waals surface area contributed by atoms with Crippen molar-refractivity contribution in [2.45, 2.75) is 32.0 Å². The van der Waals surface area contributed by atoms with Crippen molar-refractivity contribution in [1.82, 2.24) is 0 Å². The highest BCUT2D eigenvalue weighted by Crippen LogP contribution is 2.59. The summed E-state index contributed by atoms with van der Waals surface area (Å²) in [7, 11) is 6.15. The highest BCUT2D eigenvalue weighted by Gasteiger charge is 2.47. The lowest BCUT2D eigenvalue weighted by Gasteiger charge is -2.41. The number of esters is 1. The van der Waals surface area contributed by atoms with Crippen molar-refractivity contribution in [3.05, 3.63) is 59.2 Å². The van der Waals surface area contributed by atoms with Crippen LogP contribution in [0.15, 0.2) is 42.5 Å². The highest BCUT2D eigenvalue weighted by atomic mass is 16.7. The minimum Gasteiger partial charge on any atom is -0.493 e. The maximum atomic E-state index is 13.4. The van der Waals surface area contributed by atoms with Crippen molar-refractivity contribution in [2.75, 3.05) is 35.2 Å². The monoisotopic (exact) mass is 536 g/mol. The Morgan fingerprint density at radius 1 is 0.923 bits per heavy atom. The number of fused-ring (bicyclic) bond motifs is 4. The SMILES string of the molecule is COc1cc2c(c(OC)c1OC)-c1c(cc3c(c1OC)OCO3)[C@H](OC(=O)c1ccccc1)[C@](C)(O)[C@@H](C)C2. The fraction of sp³-hybridized carbons (Fsp3) is 0.367. The van der Waals surface area contributed by atoms with Gasteiger partial charge in [-0.05, 0) is 49.1 Å². The molecule has 0 amide bonds. The number of benzene rings is 3. The third-order valence-electron chi connectivity index (χ3n) is 7.59. The summed E-state index contributed by atoms with van der Waals surface area (Å²) in [6.45, 7) is 3.57. The van der Waals surface area contributed by atoms with E-state index in [-0.39, 0.29) is 12.7 Å². The number of methoxy groups -OCH3 is 4. The van der Waals surface area contributed by atoms with Crippen LogP contribution < -0.4 is 28.4 Å². The lowest BCUT2D eigenvalue weighted by Crippen LogP contribution is -2.43. The fourth-order valence-electron chi connectivity index (χ4n) is 5.37. The van der Waals surface area contributed by atoms with E-state index in [0.29, 0.717) is 63.2 Å². The molecule has 2 aliphatic rings. The molecule has 0 bridgehead atoms. The van der Waals surface area contributed by atoms with E-state index in [2.05, 4.69) is 0 Å². The van der Waals surface area contributed by atoms with Crippen LogP contribution in [0.1, 0.15) is 41.4 Å². The zero-order valence-electron chi connectivity index (χ0n) is 22.8. The van der Waals surface area contributed by atoms with Crippen LogP contribution in [-0.2, 0) is 11.2 Å². The van der Waals surface area contributed by atoms with Gasteiger partial charge in [0.2, 0.25) is 18.3 Å². The molecule has 3 atom stereocenters. The Bertz CT molecular complexity index is 1400. The molecule has 0 fully saturated rings. The van der Waals surface area contributed by atoms with Crippen LogP contribution in [0.25, 0.3) is 11.1 Å². The molecule has 0 radical (unpaired) electrons. The van der Waals surface area contributed by atoms with Crippen molar-refractivity contribution < 1.29 is 43.1 Å². The van der Waals surface area contributed by atoms with E-state index in [1.54, 1.807) is 51.5 Å². The lowest BCUT2D eigenvalue weighted by atomic mass is 9.73. The molecule has 1 aliphatic carbocycles. The van der Waals surface area contributed by atoms with Gasteiger partial charge in [-0.3, -0.25) is 0 Å². The zero-order chi connectivity index (χ0) is 27.9. The predicted octanol–water partition coefficient (Wildman–Crippen LogP) is 4.96. The van der Waals surface area contributed by atoms with Gasteiger partial charge in [0.05, 0.1) is 34.0 Å². The second-order valence-electron chi connectivity index (χ2n) is 9.77. The van der Waals surface area contributed by atoms with Crippen molar-refractivity contribution in [1.29, 1.82) is 0 Å². The van der Waals surface area contributed by atoms with Crippen LogP contribution in [-0.4, -0.2) is 51.9 Å². The Morgan fingerprint density at radius 3 is 2.26 bits per heavy atom. The largest absolute Gasteiger partial charge is 0.493 e. The van der Waals surface area contributed by atoms with E-state index in [0.717, 1.165) is 5.56 Å². The van der Waals surface area contributed by atoms with E-state index in [1.807, 2.05) is 19.1 Å². The summed E-state index contributed by atoms with van der Waals surface area (Å²) in [5.41, 5.74) is 1.35. The van der Waals surface area contributed by atoms with E-state index >= 15 is 0 Å². The Balaban J connectivity index is 1.86. The maximum absolute atomic E-state index is 13.4. The zero-order valence-corrected chi connectivity index (χ0v) is 22.8. The standard InChI is InChI=1S/C30H32O9/c1-16-12-18-13-20(33-3)24(34-4)26(35-5)22(18)23-19(14-21-25(27(23)36-6)38-15-37-21)28(30(16,2)32)39-29(31)17-10-8-7-9-11-17/h7-11,13-14,16,28,32H,12,15H2,1-6H3/t16-,28-,30+/m0/s1. The van der Waals surface area contributed by atoms with Crippen LogP contribution in [0.3, 0.4) is 0 Å². The van der Waals surface area contributed by atoms with Crippen molar-refractivity contribution in [3.8, 4) is 45.6 Å². The molecule has 0 spiro atoms. The molecule has 0 unspecified atom stereocenters. The Morgan fingerprint density at radius 2 is 1.62 bits per heavy atom. The number of aliphatic hydroxyl groups is 1. The average molecular weight is 537 g/mol. The molecular weight excluding hydrogens is 504 g/mol. The topological polar surface area (TPSA) is 102 Å². The Labute approximate surface area is 227 Å². The smallest absolute Gasteiger partial charge is 0.338 e. The molecule has 39 heavy (non-hydrogen) atoms. The van der Waals surface area contributed by atoms with Gasteiger partial charge in [0.1, 0.15) is 5.60 Å². The van der Waals surface area contributed by atoms with Crippen LogP contribution in [0.2, 0.25) is 0 Å². The van der Waals surface area contributed by atoms with Gasteiger partial charge in [-0.15, -0.1) is 0 Å². The van der Waals surface area contributed by atoms with Crippen LogP contribution in [0.4, 0.5) is 0 Å². The first-order chi connectivity index (χ1) is 18.8. The normalized spacial score (nSPS) is 21.1. The number of carbonyl (C=O) groups is 1. The van der Waals surface area contributed by atoms with E-state index < -0.39 is 17.7 Å². The van der Waals surface area contributed by atoms with Crippen LogP contribution >= 0.6 is 0 Å². The maximum Gasteiger partial charge on any atom is 0.338 e. The minimum atomic E-state index is -1.50. The van der Waals surface area contributed by atoms with Gasteiger partial charge < -0.3 is 38.3 Å². The number of rotatable bonds is 6. The summed E-state index contributed by atoms with van der Waals surface area (Å²) in [5, 5.41) is 12.1. The second kappa shape index (κ2) is 10.2. The molecule has 206 valence electrons. The molecule has 0 aromatic heterocycles. The van der Waals surface area contributed by atoms with E-state index in [4.69, 9.17) is 33.2 Å². The van der Waals surface area contributed by atoms with Gasteiger partial charge in [0, 0.05) is 16.7 Å².